The molecule has 3 aromatic carbocycles. The minimum atomic E-state index is -3.73. The molecule has 150 valence electrons. The molecule has 0 aliphatic carbocycles. The summed E-state index contributed by atoms with van der Waals surface area (Å²) in [7, 11) is -2.16. The Hall–Kier alpha value is -2.96. The molecule has 0 aliphatic rings. The van der Waals surface area contributed by atoms with Crippen LogP contribution in [0.4, 0.5) is 0 Å². The second-order valence-corrected chi connectivity index (χ2v) is 8.49. The monoisotopic (exact) mass is 409 g/mol. The third-order valence-corrected chi connectivity index (χ3v) is 6.47. The fraction of sp³-hybridized carbons (Fsp3) is 0.174. The minimum Gasteiger partial charge on any atom is -0.462 e. The number of carbonyl (C=O) groups excluding carboxylic acids is 1. The number of hydrogen-bond donors (Lipinski definition) is 0. The van der Waals surface area contributed by atoms with E-state index in [9.17, 15) is 13.2 Å². The van der Waals surface area contributed by atoms with Crippen molar-refractivity contribution in [3.63, 3.8) is 0 Å². The van der Waals surface area contributed by atoms with Gasteiger partial charge in [0.15, 0.2) is 0 Å². The molecule has 0 amide bonds. The van der Waals surface area contributed by atoms with E-state index in [-0.39, 0.29) is 4.90 Å². The van der Waals surface area contributed by atoms with Crippen LogP contribution in [0, 0.1) is 0 Å². The van der Waals surface area contributed by atoms with Crippen LogP contribution in [-0.2, 0) is 14.8 Å². The molecule has 0 bridgehead atoms. The first-order valence-corrected chi connectivity index (χ1v) is 10.7. The molecule has 3 rings (SSSR count). The highest BCUT2D eigenvalue weighted by molar-refractivity contribution is 7.89. The minimum absolute atomic E-state index is 0.228. The van der Waals surface area contributed by atoms with Crippen LogP contribution in [0.1, 0.15) is 34.5 Å². The lowest BCUT2D eigenvalue weighted by atomic mass is 9.98. The zero-order valence-corrected chi connectivity index (χ0v) is 17.2. The Balaban J connectivity index is 2.03. The first-order valence-electron chi connectivity index (χ1n) is 9.30. The maximum Gasteiger partial charge on any atom is 0.338 e. The molecule has 1 atom stereocenters. The first-order chi connectivity index (χ1) is 13.9. The Morgan fingerprint density at radius 1 is 0.862 bits per heavy atom. The van der Waals surface area contributed by atoms with Crippen molar-refractivity contribution in [1.29, 1.82) is 0 Å². The lowest BCUT2D eigenvalue weighted by molar-refractivity contribution is 0.0526. The van der Waals surface area contributed by atoms with Gasteiger partial charge in [-0.25, -0.2) is 13.2 Å². The Morgan fingerprint density at radius 2 is 1.38 bits per heavy atom. The van der Waals surface area contributed by atoms with Crippen molar-refractivity contribution in [1.82, 2.24) is 4.31 Å². The van der Waals surface area contributed by atoms with E-state index in [4.69, 9.17) is 4.74 Å². The highest BCUT2D eigenvalue weighted by Crippen LogP contribution is 2.32. The van der Waals surface area contributed by atoms with Crippen LogP contribution >= 0.6 is 0 Å². The largest absolute Gasteiger partial charge is 0.462 e. The third kappa shape index (κ3) is 4.55. The molecule has 29 heavy (non-hydrogen) atoms. The van der Waals surface area contributed by atoms with E-state index in [1.54, 1.807) is 68.6 Å². The molecular weight excluding hydrogens is 386 g/mol. The van der Waals surface area contributed by atoms with Gasteiger partial charge in [0.2, 0.25) is 10.0 Å². The van der Waals surface area contributed by atoms with E-state index < -0.39 is 22.0 Å². The van der Waals surface area contributed by atoms with Crippen LogP contribution in [-0.4, -0.2) is 32.3 Å². The molecule has 0 radical (unpaired) electrons. The summed E-state index contributed by atoms with van der Waals surface area (Å²) in [5, 5.41) is 0. The maximum atomic E-state index is 13.2. The Bertz CT molecular complexity index is 1050. The van der Waals surface area contributed by atoms with Gasteiger partial charge in [0.05, 0.1) is 23.1 Å². The average molecular weight is 410 g/mol. The van der Waals surface area contributed by atoms with Gasteiger partial charge in [-0.2, -0.15) is 4.31 Å². The molecule has 1 unspecified atom stereocenters. The summed E-state index contributed by atoms with van der Waals surface area (Å²) < 4.78 is 32.9. The molecule has 0 spiro atoms. The van der Waals surface area contributed by atoms with Gasteiger partial charge in [0.1, 0.15) is 0 Å². The highest BCUT2D eigenvalue weighted by Gasteiger charge is 2.30. The second kappa shape index (κ2) is 9.03. The van der Waals surface area contributed by atoms with Crippen molar-refractivity contribution < 1.29 is 17.9 Å². The van der Waals surface area contributed by atoms with Gasteiger partial charge in [-0.05, 0) is 42.3 Å². The quantitative estimate of drug-likeness (QED) is 0.547. The number of nitrogens with zero attached hydrogens (tertiary/aromatic N) is 1. The fourth-order valence-corrected chi connectivity index (χ4v) is 4.52. The Morgan fingerprint density at radius 3 is 1.93 bits per heavy atom. The zero-order valence-electron chi connectivity index (χ0n) is 16.4. The second-order valence-electron chi connectivity index (χ2n) is 6.49. The van der Waals surface area contributed by atoms with E-state index in [0.717, 1.165) is 11.1 Å². The van der Waals surface area contributed by atoms with Gasteiger partial charge in [-0.1, -0.05) is 60.7 Å². The van der Waals surface area contributed by atoms with E-state index in [2.05, 4.69) is 0 Å². The summed E-state index contributed by atoms with van der Waals surface area (Å²) in [5.74, 6) is -0.402. The fourth-order valence-electron chi connectivity index (χ4n) is 3.16. The summed E-state index contributed by atoms with van der Waals surface area (Å²) in [6.07, 6.45) is 0. The highest BCUT2D eigenvalue weighted by atomic mass is 32.2. The van der Waals surface area contributed by atoms with Crippen LogP contribution in [0.5, 0.6) is 0 Å². The third-order valence-electron chi connectivity index (χ3n) is 4.64. The molecule has 3 aromatic rings. The van der Waals surface area contributed by atoms with Gasteiger partial charge < -0.3 is 4.74 Å². The van der Waals surface area contributed by atoms with Crippen molar-refractivity contribution in [2.24, 2.45) is 0 Å². The summed E-state index contributed by atoms with van der Waals surface area (Å²) in [6, 6.07) is 24.1. The van der Waals surface area contributed by atoms with Crippen molar-refractivity contribution in [3.8, 4) is 0 Å². The van der Waals surface area contributed by atoms with Crippen LogP contribution in [0.25, 0.3) is 0 Å². The average Bonchev–Trinajstić information content (AvgIpc) is 2.76. The topological polar surface area (TPSA) is 63.7 Å². The van der Waals surface area contributed by atoms with E-state index in [1.807, 2.05) is 30.3 Å². The van der Waals surface area contributed by atoms with Crippen molar-refractivity contribution in [2.45, 2.75) is 17.9 Å². The van der Waals surface area contributed by atoms with Gasteiger partial charge in [0, 0.05) is 7.05 Å². The molecule has 0 N–H and O–H groups in total. The van der Waals surface area contributed by atoms with E-state index in [0.29, 0.717) is 12.2 Å². The lowest BCUT2D eigenvalue weighted by Crippen LogP contribution is -2.32. The number of sulfonamides is 1. The van der Waals surface area contributed by atoms with Crippen LogP contribution < -0.4 is 0 Å². The van der Waals surface area contributed by atoms with Crippen molar-refractivity contribution in [3.05, 3.63) is 102 Å². The molecule has 6 heteroatoms. The van der Waals surface area contributed by atoms with Crippen LogP contribution in [0.15, 0.2) is 89.8 Å². The van der Waals surface area contributed by atoms with Gasteiger partial charge in [0.25, 0.3) is 0 Å². The lowest BCUT2D eigenvalue weighted by Gasteiger charge is -2.28. The number of carbonyl (C=O) groups is 1. The molecular formula is C23H23NO4S. The molecule has 5 nitrogen and oxygen atoms in total. The van der Waals surface area contributed by atoms with Crippen molar-refractivity contribution >= 4 is 16.0 Å². The standard InChI is InChI=1S/C23H23NO4S/c1-3-28-23(25)20-16-14-19(15-17-20)22(18-10-6-4-7-11-18)24(2)29(26,27)21-12-8-5-9-13-21/h4-17,22H,3H2,1-2H3. The van der Waals surface area contributed by atoms with Crippen LogP contribution in [0.2, 0.25) is 0 Å². The number of esters is 1. The normalized spacial score (nSPS) is 12.5. The van der Waals surface area contributed by atoms with Gasteiger partial charge >= 0.3 is 5.97 Å². The molecule has 0 heterocycles. The molecule has 0 aliphatic heterocycles. The molecule has 0 aromatic heterocycles. The number of benzene rings is 3. The van der Waals surface area contributed by atoms with E-state index >= 15 is 0 Å². The maximum absolute atomic E-state index is 13.2. The molecule has 0 saturated carbocycles. The summed E-state index contributed by atoms with van der Waals surface area (Å²) >= 11 is 0. The Labute approximate surface area is 171 Å². The number of hydrogen-bond acceptors (Lipinski definition) is 4. The predicted molar refractivity (Wildman–Crippen MR) is 112 cm³/mol. The number of ether oxygens (including phenoxy) is 1. The van der Waals surface area contributed by atoms with Crippen LogP contribution in [0.3, 0.4) is 0 Å². The first kappa shape index (κ1) is 20.8. The number of rotatable bonds is 7. The smallest absolute Gasteiger partial charge is 0.338 e. The predicted octanol–water partition coefficient (Wildman–Crippen LogP) is 4.27. The van der Waals surface area contributed by atoms with Gasteiger partial charge in [-0.3, -0.25) is 0 Å². The zero-order chi connectivity index (χ0) is 20.9. The molecule has 0 saturated heterocycles. The Kier molecular flexibility index (Phi) is 6.46. The SMILES string of the molecule is CCOC(=O)c1ccc(C(c2ccccc2)N(C)S(=O)(=O)c2ccccc2)cc1. The molecule has 0 fully saturated rings. The summed E-state index contributed by atoms with van der Waals surface area (Å²) in [4.78, 5) is 12.2. The van der Waals surface area contributed by atoms with Gasteiger partial charge in [-0.15, -0.1) is 0 Å². The van der Waals surface area contributed by atoms with Crippen molar-refractivity contribution in [2.75, 3.05) is 13.7 Å². The summed E-state index contributed by atoms with van der Waals surface area (Å²) in [6.45, 7) is 2.05. The summed E-state index contributed by atoms with van der Waals surface area (Å²) in [5.41, 5.74) is 2.01. The van der Waals surface area contributed by atoms with E-state index in [1.165, 1.54) is 4.31 Å².